The zero-order valence-electron chi connectivity index (χ0n) is 13.0. The first-order valence-electron chi connectivity index (χ1n) is 6.72. The molecule has 0 N–H and O–H groups in total. The Morgan fingerprint density at radius 1 is 1.38 bits per heavy atom. The van der Waals surface area contributed by atoms with E-state index in [1.165, 1.54) is 0 Å². The molecule has 0 atom stereocenters. The molecule has 2 rings (SSSR count). The average molecular weight is 342 g/mol. The molecule has 7 nitrogen and oxygen atoms in total. The molecule has 2 aromatic rings. The van der Waals surface area contributed by atoms with Crippen LogP contribution in [-0.4, -0.2) is 39.2 Å². The Balaban J connectivity index is 2.43. The molecule has 0 saturated carbocycles. The first-order chi connectivity index (χ1) is 11.0. The van der Waals surface area contributed by atoms with Crippen molar-refractivity contribution in [1.29, 1.82) is 5.26 Å². The molecule has 0 aliphatic carbocycles. The lowest BCUT2D eigenvalue weighted by Crippen LogP contribution is -2.27. The first-order valence-corrected chi connectivity index (χ1v) is 6.72. The highest BCUT2D eigenvalue weighted by Crippen LogP contribution is 2.24. The number of ether oxygens (including phenoxy) is 2. The van der Waals surface area contributed by atoms with Crippen LogP contribution in [0.5, 0.6) is 5.88 Å². The number of pyridine rings is 1. The van der Waals surface area contributed by atoms with Crippen molar-refractivity contribution in [3.63, 3.8) is 0 Å². The maximum absolute atomic E-state index is 12.2. The second-order valence-corrected chi connectivity index (χ2v) is 5.80. The minimum atomic E-state index is -4.53. The van der Waals surface area contributed by atoms with Crippen LogP contribution in [0.3, 0.4) is 0 Å². The molecule has 0 bridgehead atoms. The number of hydrogen-bond donors (Lipinski definition) is 0. The standard InChI is InChI=1S/C14H13F3N4O3/c1-13(2,3)24-12(22)21-10-4-11(23-7-14(15,16)17)19-6-8(10)9(5-18)20-21/h4,6H,7H2,1-3H3. The van der Waals surface area contributed by atoms with Crippen molar-refractivity contribution in [3.05, 3.63) is 18.0 Å². The molecule has 10 heteroatoms. The molecule has 0 aliphatic rings. The van der Waals surface area contributed by atoms with E-state index in [-0.39, 0.29) is 22.5 Å². The molecule has 128 valence electrons. The van der Waals surface area contributed by atoms with Crippen molar-refractivity contribution < 1.29 is 27.4 Å². The number of nitriles is 1. The van der Waals surface area contributed by atoms with Crippen LogP contribution < -0.4 is 4.74 Å². The summed E-state index contributed by atoms with van der Waals surface area (Å²) in [4.78, 5) is 15.8. The predicted octanol–water partition coefficient (Wildman–Crippen LogP) is 3.03. The maximum Gasteiger partial charge on any atom is 0.435 e. The fourth-order valence-corrected chi connectivity index (χ4v) is 1.75. The van der Waals surface area contributed by atoms with E-state index < -0.39 is 24.5 Å². The third-order valence-electron chi connectivity index (χ3n) is 2.60. The highest BCUT2D eigenvalue weighted by Gasteiger charge is 2.29. The van der Waals surface area contributed by atoms with E-state index >= 15 is 0 Å². The summed E-state index contributed by atoms with van der Waals surface area (Å²) >= 11 is 0. The van der Waals surface area contributed by atoms with Gasteiger partial charge in [-0.25, -0.2) is 9.78 Å². The minimum absolute atomic E-state index is 0.0629. The highest BCUT2D eigenvalue weighted by molar-refractivity contribution is 5.91. The summed E-state index contributed by atoms with van der Waals surface area (Å²) in [7, 11) is 0. The molecule has 0 unspecified atom stereocenters. The van der Waals surface area contributed by atoms with Crippen molar-refractivity contribution in [3.8, 4) is 11.9 Å². The number of rotatable bonds is 2. The third kappa shape index (κ3) is 4.13. The molecule has 0 radical (unpaired) electrons. The largest absolute Gasteiger partial charge is 0.468 e. The van der Waals surface area contributed by atoms with E-state index in [1.807, 2.05) is 0 Å². The Morgan fingerprint density at radius 3 is 2.58 bits per heavy atom. The highest BCUT2D eigenvalue weighted by atomic mass is 19.4. The average Bonchev–Trinajstić information content (AvgIpc) is 2.80. The molecule has 0 amide bonds. The van der Waals surface area contributed by atoms with E-state index in [2.05, 4.69) is 14.8 Å². The van der Waals surface area contributed by atoms with Crippen molar-refractivity contribution in [2.24, 2.45) is 0 Å². The minimum Gasteiger partial charge on any atom is -0.468 e. The third-order valence-corrected chi connectivity index (χ3v) is 2.60. The van der Waals surface area contributed by atoms with Crippen molar-refractivity contribution in [1.82, 2.24) is 14.8 Å². The van der Waals surface area contributed by atoms with Crippen LogP contribution in [0.25, 0.3) is 10.9 Å². The van der Waals surface area contributed by atoms with Crippen LogP contribution in [0.4, 0.5) is 18.0 Å². The number of fused-ring (bicyclic) bond motifs is 1. The van der Waals surface area contributed by atoms with Gasteiger partial charge in [0.2, 0.25) is 5.88 Å². The fourth-order valence-electron chi connectivity index (χ4n) is 1.75. The number of nitrogens with zero attached hydrogens (tertiary/aromatic N) is 4. The van der Waals surface area contributed by atoms with Gasteiger partial charge in [0.15, 0.2) is 12.3 Å². The Morgan fingerprint density at radius 2 is 2.04 bits per heavy atom. The Bertz CT molecular complexity index is 815. The van der Waals surface area contributed by atoms with E-state index in [1.54, 1.807) is 26.8 Å². The Hall–Kier alpha value is -2.83. The Kier molecular flexibility index (Phi) is 4.38. The van der Waals surface area contributed by atoms with Gasteiger partial charge in [0.05, 0.1) is 10.9 Å². The van der Waals surface area contributed by atoms with Gasteiger partial charge in [-0.3, -0.25) is 0 Å². The molecule has 0 aliphatic heterocycles. The van der Waals surface area contributed by atoms with Gasteiger partial charge in [-0.15, -0.1) is 0 Å². The van der Waals surface area contributed by atoms with E-state index in [4.69, 9.17) is 10.00 Å². The molecule has 0 spiro atoms. The van der Waals surface area contributed by atoms with Gasteiger partial charge < -0.3 is 9.47 Å². The van der Waals surface area contributed by atoms with Crippen LogP contribution in [-0.2, 0) is 4.74 Å². The van der Waals surface area contributed by atoms with Gasteiger partial charge in [-0.05, 0) is 20.8 Å². The van der Waals surface area contributed by atoms with E-state index in [9.17, 15) is 18.0 Å². The number of carbonyl (C=O) groups is 1. The summed E-state index contributed by atoms with van der Waals surface area (Å²) in [6.07, 6.45) is -4.28. The molecular formula is C14H13F3N4O3. The molecule has 2 aromatic heterocycles. The molecule has 0 fully saturated rings. The summed E-state index contributed by atoms with van der Waals surface area (Å²) in [6.45, 7) is 3.39. The SMILES string of the molecule is CC(C)(C)OC(=O)n1nc(C#N)c2cnc(OCC(F)(F)F)cc21. The number of aromatic nitrogens is 3. The maximum atomic E-state index is 12.2. The number of halogens is 3. The molecule has 2 heterocycles. The summed E-state index contributed by atoms with van der Waals surface area (Å²) in [5.41, 5.74) is -0.858. The Labute approximate surface area is 134 Å². The molecule has 0 aromatic carbocycles. The van der Waals surface area contributed by atoms with Crippen LogP contribution in [0.1, 0.15) is 26.5 Å². The van der Waals surface area contributed by atoms with E-state index in [0.717, 1.165) is 16.9 Å². The monoisotopic (exact) mass is 342 g/mol. The summed E-state index contributed by atoms with van der Waals surface area (Å²) in [6, 6.07) is 2.88. The lowest BCUT2D eigenvalue weighted by Gasteiger charge is -2.19. The van der Waals surface area contributed by atoms with Crippen molar-refractivity contribution in [2.45, 2.75) is 32.5 Å². The second-order valence-electron chi connectivity index (χ2n) is 5.80. The molecular weight excluding hydrogens is 329 g/mol. The fraction of sp³-hybridized carbons (Fsp3) is 0.429. The molecule has 0 saturated heterocycles. The number of alkyl halides is 3. The van der Waals surface area contributed by atoms with Crippen molar-refractivity contribution >= 4 is 17.0 Å². The van der Waals surface area contributed by atoms with Crippen LogP contribution in [0, 0.1) is 11.3 Å². The summed E-state index contributed by atoms with van der Waals surface area (Å²) < 4.78 is 47.2. The lowest BCUT2D eigenvalue weighted by atomic mass is 10.2. The van der Waals surface area contributed by atoms with Gasteiger partial charge in [-0.2, -0.15) is 28.2 Å². The van der Waals surface area contributed by atoms with Crippen LogP contribution >= 0.6 is 0 Å². The predicted molar refractivity (Wildman–Crippen MR) is 75.4 cm³/mol. The zero-order chi connectivity index (χ0) is 18.1. The smallest absolute Gasteiger partial charge is 0.435 e. The quantitative estimate of drug-likeness (QED) is 0.833. The normalized spacial score (nSPS) is 12.0. The van der Waals surface area contributed by atoms with Crippen LogP contribution in [0.2, 0.25) is 0 Å². The summed E-state index contributed by atoms with van der Waals surface area (Å²) in [5, 5.41) is 13.1. The van der Waals surface area contributed by atoms with E-state index in [0.29, 0.717) is 0 Å². The van der Waals surface area contributed by atoms with Crippen molar-refractivity contribution in [2.75, 3.05) is 6.61 Å². The van der Waals surface area contributed by atoms with Crippen LogP contribution in [0.15, 0.2) is 12.3 Å². The van der Waals surface area contributed by atoms with Gasteiger partial charge >= 0.3 is 12.3 Å². The lowest BCUT2D eigenvalue weighted by molar-refractivity contribution is -0.154. The number of hydrogen-bond acceptors (Lipinski definition) is 6. The van der Waals surface area contributed by atoms with Gasteiger partial charge in [0.25, 0.3) is 0 Å². The summed E-state index contributed by atoms with van der Waals surface area (Å²) in [5.74, 6) is -0.353. The van der Waals surface area contributed by atoms with Gasteiger partial charge in [0, 0.05) is 12.3 Å². The number of carbonyl (C=O) groups excluding carboxylic acids is 1. The first kappa shape index (κ1) is 17.5. The van der Waals surface area contributed by atoms with Gasteiger partial charge in [0.1, 0.15) is 11.7 Å². The topological polar surface area (TPSA) is 90.0 Å². The zero-order valence-corrected chi connectivity index (χ0v) is 13.0. The second kappa shape index (κ2) is 5.99. The van der Waals surface area contributed by atoms with Gasteiger partial charge in [-0.1, -0.05) is 0 Å². The molecule has 24 heavy (non-hydrogen) atoms.